The number of H-pyrrole nitrogens is 1. The summed E-state index contributed by atoms with van der Waals surface area (Å²) in [4.78, 5) is 5.91. The van der Waals surface area contributed by atoms with Gasteiger partial charge in [0.15, 0.2) is 0 Å². The maximum absolute atomic E-state index is 3.82. The molecule has 0 saturated carbocycles. The van der Waals surface area contributed by atoms with E-state index in [1.807, 2.05) is 6.20 Å². The Morgan fingerprint density at radius 3 is 2.64 bits per heavy atom. The first kappa shape index (κ1) is 15.0. The number of rotatable bonds is 3. The van der Waals surface area contributed by atoms with Crippen LogP contribution >= 0.6 is 0 Å². The summed E-state index contributed by atoms with van der Waals surface area (Å²) in [5.41, 5.74) is 5.03. The number of nitrogens with one attached hydrogen (secondary N) is 2. The average Bonchev–Trinajstić information content (AvgIpc) is 3.17. The Labute approximate surface area is 149 Å². The molecule has 2 aliphatic heterocycles. The van der Waals surface area contributed by atoms with Crippen LogP contribution < -0.4 is 5.32 Å². The van der Waals surface area contributed by atoms with Gasteiger partial charge in [0.2, 0.25) is 0 Å². The lowest BCUT2D eigenvalue weighted by atomic mass is 9.97. The molecule has 128 valence electrons. The van der Waals surface area contributed by atoms with Gasteiger partial charge in [0.1, 0.15) is 0 Å². The summed E-state index contributed by atoms with van der Waals surface area (Å²) in [6.45, 7) is 0. The van der Waals surface area contributed by atoms with E-state index in [-0.39, 0.29) is 0 Å². The SMILES string of the molecule is CN1[C@@H]2CC[C@H]1CC(Nc1cccc(-c3cccc4[nH]ccc34)c1)C2. The molecular formula is C22H25N3. The van der Waals surface area contributed by atoms with Crippen LogP contribution in [0, 0.1) is 0 Å². The molecule has 2 saturated heterocycles. The molecule has 5 rings (SSSR count). The Morgan fingerprint density at radius 2 is 1.80 bits per heavy atom. The quantitative estimate of drug-likeness (QED) is 0.717. The van der Waals surface area contributed by atoms with Gasteiger partial charge in [0, 0.05) is 40.9 Å². The summed E-state index contributed by atoms with van der Waals surface area (Å²) in [5.74, 6) is 0. The molecule has 0 spiro atoms. The zero-order valence-corrected chi connectivity index (χ0v) is 14.7. The van der Waals surface area contributed by atoms with Gasteiger partial charge < -0.3 is 15.2 Å². The van der Waals surface area contributed by atoms with Crippen LogP contribution in [-0.4, -0.2) is 35.1 Å². The van der Waals surface area contributed by atoms with E-state index in [9.17, 15) is 0 Å². The van der Waals surface area contributed by atoms with E-state index in [0.717, 1.165) is 12.1 Å². The smallest absolute Gasteiger partial charge is 0.0460 e. The van der Waals surface area contributed by atoms with E-state index in [1.165, 1.54) is 53.4 Å². The lowest BCUT2D eigenvalue weighted by Gasteiger charge is -2.37. The minimum absolute atomic E-state index is 0.604. The van der Waals surface area contributed by atoms with Crippen LogP contribution in [0.3, 0.4) is 0 Å². The number of fused-ring (bicyclic) bond motifs is 3. The Bertz CT molecular complexity index is 883. The first-order valence-electron chi connectivity index (χ1n) is 9.43. The monoisotopic (exact) mass is 331 g/mol. The second-order valence-electron chi connectivity index (χ2n) is 7.69. The number of aromatic nitrogens is 1. The fourth-order valence-corrected chi connectivity index (χ4v) is 4.88. The van der Waals surface area contributed by atoms with Gasteiger partial charge in [-0.25, -0.2) is 0 Å². The van der Waals surface area contributed by atoms with E-state index in [0.29, 0.717) is 6.04 Å². The average molecular weight is 331 g/mol. The highest BCUT2D eigenvalue weighted by Gasteiger charge is 2.38. The van der Waals surface area contributed by atoms with Crippen molar-refractivity contribution in [2.24, 2.45) is 0 Å². The molecule has 0 amide bonds. The first-order valence-corrected chi connectivity index (χ1v) is 9.43. The van der Waals surface area contributed by atoms with Crippen LogP contribution in [0.5, 0.6) is 0 Å². The number of nitrogens with zero attached hydrogens (tertiary/aromatic N) is 1. The molecule has 2 N–H and O–H groups in total. The summed E-state index contributed by atoms with van der Waals surface area (Å²) >= 11 is 0. The van der Waals surface area contributed by atoms with Gasteiger partial charge in [-0.1, -0.05) is 24.3 Å². The lowest BCUT2D eigenvalue weighted by Crippen LogP contribution is -2.44. The third-order valence-corrected chi connectivity index (χ3v) is 6.24. The Balaban J connectivity index is 1.41. The summed E-state index contributed by atoms with van der Waals surface area (Å²) in [5, 5.41) is 5.11. The maximum atomic E-state index is 3.82. The van der Waals surface area contributed by atoms with E-state index in [2.05, 4.69) is 70.8 Å². The van der Waals surface area contributed by atoms with Crippen LogP contribution in [-0.2, 0) is 0 Å². The van der Waals surface area contributed by atoms with Gasteiger partial charge in [0.25, 0.3) is 0 Å². The van der Waals surface area contributed by atoms with Crippen molar-refractivity contribution in [3.05, 3.63) is 54.7 Å². The molecule has 25 heavy (non-hydrogen) atoms. The highest BCUT2D eigenvalue weighted by molar-refractivity contribution is 5.95. The number of hydrogen-bond donors (Lipinski definition) is 2. The van der Waals surface area contributed by atoms with Crippen molar-refractivity contribution in [3.8, 4) is 11.1 Å². The molecule has 3 heteroatoms. The van der Waals surface area contributed by atoms with Crippen molar-refractivity contribution in [2.45, 2.75) is 43.8 Å². The van der Waals surface area contributed by atoms with Crippen LogP contribution in [0.15, 0.2) is 54.7 Å². The third kappa shape index (κ3) is 2.63. The maximum Gasteiger partial charge on any atom is 0.0460 e. The van der Waals surface area contributed by atoms with Gasteiger partial charge in [-0.2, -0.15) is 0 Å². The molecule has 3 atom stereocenters. The summed E-state index contributed by atoms with van der Waals surface area (Å²) < 4.78 is 0. The largest absolute Gasteiger partial charge is 0.382 e. The molecule has 0 aliphatic carbocycles. The van der Waals surface area contributed by atoms with E-state index in [4.69, 9.17) is 0 Å². The molecule has 3 heterocycles. The van der Waals surface area contributed by atoms with Crippen LogP contribution in [0.2, 0.25) is 0 Å². The molecule has 2 fully saturated rings. The summed E-state index contributed by atoms with van der Waals surface area (Å²) in [6.07, 6.45) is 7.30. The van der Waals surface area contributed by atoms with Crippen molar-refractivity contribution in [3.63, 3.8) is 0 Å². The Hall–Kier alpha value is -2.26. The zero-order valence-electron chi connectivity index (χ0n) is 14.7. The van der Waals surface area contributed by atoms with Crippen LogP contribution in [0.1, 0.15) is 25.7 Å². The molecule has 1 unspecified atom stereocenters. The Morgan fingerprint density at radius 1 is 1.00 bits per heavy atom. The van der Waals surface area contributed by atoms with Gasteiger partial charge in [-0.15, -0.1) is 0 Å². The van der Waals surface area contributed by atoms with Crippen molar-refractivity contribution >= 4 is 16.6 Å². The van der Waals surface area contributed by atoms with Crippen molar-refractivity contribution < 1.29 is 0 Å². The van der Waals surface area contributed by atoms with E-state index in [1.54, 1.807) is 0 Å². The highest BCUT2D eigenvalue weighted by Crippen LogP contribution is 2.36. The van der Waals surface area contributed by atoms with Gasteiger partial charge >= 0.3 is 0 Å². The topological polar surface area (TPSA) is 31.1 Å². The summed E-state index contributed by atoms with van der Waals surface area (Å²) in [7, 11) is 2.30. The summed E-state index contributed by atoms with van der Waals surface area (Å²) in [6, 6.07) is 19.7. The zero-order chi connectivity index (χ0) is 16.8. The molecule has 2 bridgehead atoms. The predicted octanol–water partition coefficient (Wildman–Crippen LogP) is 4.87. The number of aromatic amines is 1. The first-order chi connectivity index (χ1) is 12.3. The van der Waals surface area contributed by atoms with Gasteiger partial charge in [0.05, 0.1) is 0 Å². The standard InChI is InChI=1S/C22H25N3/c1-25-18-8-9-19(25)14-17(13-18)24-16-5-2-4-15(12-16)20-6-3-7-22-21(20)10-11-23-22/h2-7,10-12,17-19,23-24H,8-9,13-14H2,1H3/t17?,18-,19+. The molecule has 2 aromatic carbocycles. The molecule has 3 nitrogen and oxygen atoms in total. The predicted molar refractivity (Wildman–Crippen MR) is 105 cm³/mol. The Kier molecular flexibility index (Phi) is 3.56. The molecule has 3 aromatic rings. The van der Waals surface area contributed by atoms with E-state index >= 15 is 0 Å². The number of anilines is 1. The molecule has 0 radical (unpaired) electrons. The minimum atomic E-state index is 0.604. The minimum Gasteiger partial charge on any atom is -0.382 e. The van der Waals surface area contributed by atoms with Crippen molar-refractivity contribution in [1.29, 1.82) is 0 Å². The molecule has 2 aliphatic rings. The van der Waals surface area contributed by atoms with Crippen LogP contribution in [0.25, 0.3) is 22.0 Å². The van der Waals surface area contributed by atoms with E-state index < -0.39 is 0 Å². The van der Waals surface area contributed by atoms with Crippen molar-refractivity contribution in [2.75, 3.05) is 12.4 Å². The fourth-order valence-electron chi connectivity index (χ4n) is 4.88. The molecule has 1 aromatic heterocycles. The van der Waals surface area contributed by atoms with Crippen LogP contribution in [0.4, 0.5) is 5.69 Å². The lowest BCUT2D eigenvalue weighted by molar-refractivity contribution is 0.169. The number of benzene rings is 2. The highest BCUT2D eigenvalue weighted by atomic mass is 15.2. The molecular weight excluding hydrogens is 306 g/mol. The van der Waals surface area contributed by atoms with Gasteiger partial charge in [-0.3, -0.25) is 0 Å². The number of piperidine rings is 1. The fraction of sp³-hybridized carbons (Fsp3) is 0.364. The second kappa shape index (κ2) is 5.92. The van der Waals surface area contributed by atoms with Crippen molar-refractivity contribution in [1.82, 2.24) is 9.88 Å². The van der Waals surface area contributed by atoms with Gasteiger partial charge in [-0.05, 0) is 68.1 Å². The normalized spacial score (nSPS) is 26.2. The third-order valence-electron chi connectivity index (χ3n) is 6.24. The second-order valence-corrected chi connectivity index (χ2v) is 7.69. The number of hydrogen-bond acceptors (Lipinski definition) is 2.